The van der Waals surface area contributed by atoms with E-state index >= 15 is 0 Å². The topological polar surface area (TPSA) is 55.8 Å². The second kappa shape index (κ2) is 10.3. The summed E-state index contributed by atoms with van der Waals surface area (Å²) in [5.41, 5.74) is 1.87. The predicted molar refractivity (Wildman–Crippen MR) is 103 cm³/mol. The zero-order chi connectivity index (χ0) is 18.8. The molecular formula is C22H26O4. The summed E-state index contributed by atoms with van der Waals surface area (Å²) in [6, 6.07) is 15.3. The van der Waals surface area contributed by atoms with Gasteiger partial charge in [0, 0.05) is 17.7 Å². The van der Waals surface area contributed by atoms with Gasteiger partial charge in [0.1, 0.15) is 11.5 Å². The molecule has 2 aromatic carbocycles. The molecular weight excluding hydrogens is 328 g/mol. The standard InChI is InChI=1S/C22H26O4/c1-17(8-9-18-6-4-3-5-7-18)14-15-26-22(24)13-11-19-10-12-20(25-2)16-21(19)23/h3-7,10-13,16-17,23H,8-9,14-15H2,1-2H3. The van der Waals surface area contributed by atoms with Crippen molar-refractivity contribution in [3.63, 3.8) is 0 Å². The summed E-state index contributed by atoms with van der Waals surface area (Å²) in [6.45, 7) is 2.57. The lowest BCUT2D eigenvalue weighted by atomic mass is 9.99. The molecule has 1 atom stereocenters. The highest BCUT2D eigenvalue weighted by Gasteiger charge is 2.06. The van der Waals surface area contributed by atoms with Gasteiger partial charge in [-0.1, -0.05) is 37.3 Å². The minimum absolute atomic E-state index is 0.0583. The average molecular weight is 354 g/mol. The lowest BCUT2D eigenvalue weighted by Crippen LogP contribution is -2.07. The van der Waals surface area contributed by atoms with Crippen molar-refractivity contribution in [2.24, 2.45) is 5.92 Å². The van der Waals surface area contributed by atoms with E-state index in [1.807, 2.05) is 6.07 Å². The van der Waals surface area contributed by atoms with Gasteiger partial charge in [0.05, 0.1) is 13.7 Å². The van der Waals surface area contributed by atoms with E-state index in [0.29, 0.717) is 23.8 Å². The molecule has 4 heteroatoms. The number of methoxy groups -OCH3 is 1. The molecule has 0 amide bonds. The molecule has 0 aliphatic heterocycles. The summed E-state index contributed by atoms with van der Waals surface area (Å²) in [5.74, 6) is 0.697. The highest BCUT2D eigenvalue weighted by molar-refractivity contribution is 5.87. The van der Waals surface area contributed by atoms with Crippen molar-refractivity contribution in [1.29, 1.82) is 0 Å². The van der Waals surface area contributed by atoms with Crippen LogP contribution in [0.3, 0.4) is 0 Å². The first-order valence-corrected chi connectivity index (χ1v) is 8.84. The quantitative estimate of drug-likeness (QED) is 0.527. The van der Waals surface area contributed by atoms with E-state index in [2.05, 4.69) is 31.2 Å². The molecule has 0 saturated heterocycles. The van der Waals surface area contributed by atoms with Gasteiger partial charge in [-0.15, -0.1) is 0 Å². The summed E-state index contributed by atoms with van der Waals surface area (Å²) >= 11 is 0. The van der Waals surface area contributed by atoms with Crippen LogP contribution >= 0.6 is 0 Å². The van der Waals surface area contributed by atoms with Crippen LogP contribution in [0, 0.1) is 5.92 Å². The third kappa shape index (κ3) is 6.63. The van der Waals surface area contributed by atoms with Crippen LogP contribution in [0.2, 0.25) is 0 Å². The van der Waals surface area contributed by atoms with Crippen molar-refractivity contribution in [2.45, 2.75) is 26.2 Å². The molecule has 0 spiro atoms. The zero-order valence-electron chi connectivity index (χ0n) is 15.4. The Morgan fingerprint density at radius 3 is 2.62 bits per heavy atom. The van der Waals surface area contributed by atoms with E-state index in [9.17, 15) is 9.90 Å². The summed E-state index contributed by atoms with van der Waals surface area (Å²) < 4.78 is 10.3. The summed E-state index contributed by atoms with van der Waals surface area (Å²) in [4.78, 5) is 11.8. The molecule has 2 aromatic rings. The van der Waals surface area contributed by atoms with E-state index in [1.54, 1.807) is 12.1 Å². The van der Waals surface area contributed by atoms with Gasteiger partial charge in [0.25, 0.3) is 0 Å². The minimum atomic E-state index is -0.407. The molecule has 0 aliphatic carbocycles. The first-order valence-electron chi connectivity index (χ1n) is 8.84. The molecule has 0 heterocycles. The maximum absolute atomic E-state index is 11.8. The van der Waals surface area contributed by atoms with Crippen molar-refractivity contribution >= 4 is 12.0 Å². The number of ether oxygens (including phenoxy) is 2. The molecule has 26 heavy (non-hydrogen) atoms. The number of carbonyl (C=O) groups excluding carboxylic acids is 1. The number of esters is 1. The Labute approximate surface area is 155 Å². The van der Waals surface area contributed by atoms with E-state index in [-0.39, 0.29) is 5.75 Å². The number of hydrogen-bond acceptors (Lipinski definition) is 4. The second-order valence-corrected chi connectivity index (χ2v) is 6.34. The molecule has 0 saturated carbocycles. The fraction of sp³-hybridized carbons (Fsp3) is 0.318. The first-order chi connectivity index (χ1) is 12.6. The van der Waals surface area contributed by atoms with Crippen LogP contribution in [-0.4, -0.2) is 24.8 Å². The molecule has 1 unspecified atom stereocenters. The van der Waals surface area contributed by atoms with Gasteiger partial charge in [-0.2, -0.15) is 0 Å². The highest BCUT2D eigenvalue weighted by atomic mass is 16.5. The number of phenolic OH excluding ortho intramolecular Hbond substituents is 1. The van der Waals surface area contributed by atoms with Crippen LogP contribution in [-0.2, 0) is 16.0 Å². The largest absolute Gasteiger partial charge is 0.507 e. The van der Waals surface area contributed by atoms with Gasteiger partial charge >= 0.3 is 5.97 Å². The van der Waals surface area contributed by atoms with Gasteiger partial charge < -0.3 is 14.6 Å². The van der Waals surface area contributed by atoms with Gasteiger partial charge in [0.2, 0.25) is 0 Å². The van der Waals surface area contributed by atoms with Crippen LogP contribution in [0.5, 0.6) is 11.5 Å². The van der Waals surface area contributed by atoms with E-state index in [0.717, 1.165) is 19.3 Å². The van der Waals surface area contributed by atoms with Crippen LogP contribution in [0.4, 0.5) is 0 Å². The average Bonchev–Trinajstić information content (AvgIpc) is 2.66. The number of benzene rings is 2. The maximum Gasteiger partial charge on any atom is 0.330 e. The lowest BCUT2D eigenvalue weighted by Gasteiger charge is -2.11. The Morgan fingerprint density at radius 1 is 1.15 bits per heavy atom. The Bertz CT molecular complexity index is 722. The van der Waals surface area contributed by atoms with Crippen LogP contribution in [0.1, 0.15) is 30.9 Å². The molecule has 1 N–H and O–H groups in total. The van der Waals surface area contributed by atoms with Crippen LogP contribution < -0.4 is 4.74 Å². The number of aryl methyl sites for hydroxylation is 1. The zero-order valence-corrected chi connectivity index (χ0v) is 15.4. The molecule has 0 aromatic heterocycles. The SMILES string of the molecule is COc1ccc(C=CC(=O)OCCC(C)CCc2ccccc2)c(O)c1. The normalized spacial score (nSPS) is 12.1. The number of rotatable bonds is 9. The Hall–Kier alpha value is -2.75. The van der Waals surface area contributed by atoms with Crippen LogP contribution in [0.25, 0.3) is 6.08 Å². The van der Waals surface area contributed by atoms with Crippen molar-refractivity contribution in [3.8, 4) is 11.5 Å². The third-order valence-corrected chi connectivity index (χ3v) is 4.26. The lowest BCUT2D eigenvalue weighted by molar-refractivity contribution is -0.138. The predicted octanol–water partition coefficient (Wildman–Crippen LogP) is 4.62. The van der Waals surface area contributed by atoms with Crippen molar-refractivity contribution < 1.29 is 19.4 Å². The maximum atomic E-state index is 11.8. The molecule has 138 valence electrons. The molecule has 0 fully saturated rings. The number of phenols is 1. The molecule has 2 rings (SSSR count). The Kier molecular flexibility index (Phi) is 7.75. The number of carbonyl (C=O) groups is 1. The highest BCUT2D eigenvalue weighted by Crippen LogP contribution is 2.24. The van der Waals surface area contributed by atoms with Crippen molar-refractivity contribution in [2.75, 3.05) is 13.7 Å². The summed E-state index contributed by atoms with van der Waals surface area (Å²) in [5, 5.41) is 9.85. The Morgan fingerprint density at radius 2 is 1.92 bits per heavy atom. The monoisotopic (exact) mass is 354 g/mol. The van der Waals surface area contributed by atoms with Crippen LogP contribution in [0.15, 0.2) is 54.6 Å². The van der Waals surface area contributed by atoms with E-state index < -0.39 is 5.97 Å². The van der Waals surface area contributed by atoms with Gasteiger partial charge in [-0.25, -0.2) is 4.79 Å². The minimum Gasteiger partial charge on any atom is -0.507 e. The fourth-order valence-corrected chi connectivity index (χ4v) is 2.56. The van der Waals surface area contributed by atoms with Gasteiger partial charge in [-0.05, 0) is 49.0 Å². The van der Waals surface area contributed by atoms with Crippen molar-refractivity contribution in [1.82, 2.24) is 0 Å². The van der Waals surface area contributed by atoms with Gasteiger partial charge in [-0.3, -0.25) is 0 Å². The summed E-state index contributed by atoms with van der Waals surface area (Å²) in [7, 11) is 1.53. The smallest absolute Gasteiger partial charge is 0.330 e. The number of aromatic hydroxyl groups is 1. The van der Waals surface area contributed by atoms with E-state index in [4.69, 9.17) is 9.47 Å². The van der Waals surface area contributed by atoms with Crippen molar-refractivity contribution in [3.05, 3.63) is 65.7 Å². The summed E-state index contributed by atoms with van der Waals surface area (Å²) in [6.07, 6.45) is 5.80. The first kappa shape index (κ1) is 19.6. The van der Waals surface area contributed by atoms with E-state index in [1.165, 1.54) is 30.9 Å². The number of hydrogen-bond donors (Lipinski definition) is 1. The second-order valence-electron chi connectivity index (χ2n) is 6.34. The molecule has 0 radical (unpaired) electrons. The molecule has 0 aliphatic rings. The fourth-order valence-electron chi connectivity index (χ4n) is 2.56. The third-order valence-electron chi connectivity index (χ3n) is 4.26. The molecule has 0 bridgehead atoms. The van der Waals surface area contributed by atoms with Gasteiger partial charge in [0.15, 0.2) is 0 Å². The Balaban J connectivity index is 1.69. The molecule has 4 nitrogen and oxygen atoms in total.